The van der Waals surface area contributed by atoms with Gasteiger partial charge in [0.2, 0.25) is 8.32 Å². The third kappa shape index (κ3) is 5.32. The van der Waals surface area contributed by atoms with Crippen LogP contribution in [0.25, 0.3) is 0 Å². The standard InChI is InChI=1S/C27H53NOSi2/c1-11-15-16-24-25(28-30(12-2,13-3)14-4)19-23-17-18-26(27(23)24)29-31(20(5)6,21(7)8)22(9)10/h20-23,26H,11-19H2,1-10H3/b28-25+. The SMILES string of the molecule is CCCCC1=C2C(CCC2O[Si](C(C)C)(C(C)C)C(C)C)C/C1=N\[Si](CC)(CC)CC. The Kier molecular flexibility index (Phi) is 9.85. The fourth-order valence-electron chi connectivity index (χ4n) is 6.91. The van der Waals surface area contributed by atoms with Crippen molar-refractivity contribution in [2.24, 2.45) is 10.6 Å². The summed E-state index contributed by atoms with van der Waals surface area (Å²) in [5, 5.41) is 0. The van der Waals surface area contributed by atoms with Gasteiger partial charge in [-0.2, -0.15) is 0 Å². The number of rotatable bonds is 12. The van der Waals surface area contributed by atoms with Crippen molar-refractivity contribution in [1.82, 2.24) is 0 Å². The molecule has 0 aromatic carbocycles. The number of allylic oxidation sites excluding steroid dienone is 1. The van der Waals surface area contributed by atoms with E-state index in [2.05, 4.69) is 69.2 Å². The zero-order valence-electron chi connectivity index (χ0n) is 22.6. The molecule has 2 aliphatic carbocycles. The van der Waals surface area contributed by atoms with Crippen molar-refractivity contribution in [3.8, 4) is 0 Å². The molecule has 0 saturated heterocycles. The summed E-state index contributed by atoms with van der Waals surface area (Å²) in [7, 11) is -3.38. The van der Waals surface area contributed by atoms with Crippen LogP contribution in [-0.2, 0) is 4.43 Å². The second-order valence-corrected chi connectivity index (χ2v) is 21.5. The van der Waals surface area contributed by atoms with Crippen molar-refractivity contribution in [1.29, 1.82) is 0 Å². The van der Waals surface area contributed by atoms with Crippen molar-refractivity contribution in [3.05, 3.63) is 11.1 Å². The van der Waals surface area contributed by atoms with Gasteiger partial charge in [-0.1, -0.05) is 75.7 Å². The van der Waals surface area contributed by atoms with Crippen LogP contribution < -0.4 is 0 Å². The fraction of sp³-hybridized carbons (Fsp3) is 0.889. The summed E-state index contributed by atoms with van der Waals surface area (Å²) in [5.74, 6) is 0.714. The molecule has 31 heavy (non-hydrogen) atoms. The number of hydrogen-bond acceptors (Lipinski definition) is 2. The second kappa shape index (κ2) is 11.3. The highest BCUT2D eigenvalue weighted by Crippen LogP contribution is 2.50. The maximum Gasteiger partial charge on any atom is 0.201 e. The van der Waals surface area contributed by atoms with E-state index in [1.807, 2.05) is 0 Å². The smallest absolute Gasteiger partial charge is 0.201 e. The van der Waals surface area contributed by atoms with E-state index in [1.165, 1.54) is 62.4 Å². The summed E-state index contributed by atoms with van der Waals surface area (Å²) < 4.78 is 13.1. The van der Waals surface area contributed by atoms with Crippen LogP contribution in [0.5, 0.6) is 0 Å². The predicted octanol–water partition coefficient (Wildman–Crippen LogP) is 9.29. The van der Waals surface area contributed by atoms with Crippen LogP contribution in [0.1, 0.15) is 108 Å². The summed E-state index contributed by atoms with van der Waals surface area (Å²) >= 11 is 0. The van der Waals surface area contributed by atoms with E-state index < -0.39 is 16.6 Å². The molecule has 0 aromatic heterocycles. The van der Waals surface area contributed by atoms with Gasteiger partial charge >= 0.3 is 0 Å². The molecular formula is C27H53NOSi2. The molecule has 0 amide bonds. The zero-order chi connectivity index (χ0) is 23.4. The van der Waals surface area contributed by atoms with E-state index >= 15 is 0 Å². The molecule has 1 saturated carbocycles. The zero-order valence-corrected chi connectivity index (χ0v) is 24.6. The van der Waals surface area contributed by atoms with Gasteiger partial charge in [0.05, 0.1) is 6.10 Å². The van der Waals surface area contributed by atoms with Crippen molar-refractivity contribution in [2.75, 3.05) is 0 Å². The van der Waals surface area contributed by atoms with Gasteiger partial charge in [-0.05, 0) is 83.9 Å². The second-order valence-electron chi connectivity index (χ2n) is 11.3. The predicted molar refractivity (Wildman–Crippen MR) is 144 cm³/mol. The largest absolute Gasteiger partial charge is 0.409 e. The topological polar surface area (TPSA) is 21.6 Å². The van der Waals surface area contributed by atoms with Gasteiger partial charge in [-0.25, -0.2) is 0 Å². The van der Waals surface area contributed by atoms with E-state index in [4.69, 9.17) is 9.08 Å². The molecule has 0 bridgehead atoms. The Morgan fingerprint density at radius 3 is 1.87 bits per heavy atom. The first-order valence-electron chi connectivity index (χ1n) is 13.6. The van der Waals surface area contributed by atoms with Gasteiger partial charge in [0.25, 0.3) is 0 Å². The first kappa shape index (κ1) is 27.1. The Hall–Kier alpha value is -0.196. The normalized spacial score (nSPS) is 23.8. The van der Waals surface area contributed by atoms with Crippen LogP contribution in [0.3, 0.4) is 0 Å². The Bertz CT molecular complexity index is 616. The van der Waals surface area contributed by atoms with Crippen molar-refractivity contribution < 1.29 is 4.43 Å². The minimum Gasteiger partial charge on any atom is -0.409 e. The Labute approximate surface area is 197 Å². The van der Waals surface area contributed by atoms with Crippen molar-refractivity contribution >= 4 is 22.3 Å². The molecular weight excluding hydrogens is 410 g/mol. The Balaban J connectivity index is 2.51. The van der Waals surface area contributed by atoms with E-state index in [0.29, 0.717) is 28.6 Å². The van der Waals surface area contributed by atoms with E-state index in [9.17, 15) is 0 Å². The lowest BCUT2D eigenvalue weighted by Gasteiger charge is -2.44. The monoisotopic (exact) mass is 463 g/mol. The van der Waals surface area contributed by atoms with Crippen LogP contribution in [0.2, 0.25) is 34.8 Å². The maximum atomic E-state index is 7.40. The summed E-state index contributed by atoms with van der Waals surface area (Å²) in [6.07, 6.45) is 7.90. The fourth-order valence-corrected chi connectivity index (χ4v) is 15.2. The summed E-state index contributed by atoms with van der Waals surface area (Å²) in [5.41, 5.74) is 6.84. The Morgan fingerprint density at radius 2 is 1.42 bits per heavy atom. The van der Waals surface area contributed by atoms with Crippen LogP contribution in [0, 0.1) is 5.92 Å². The highest BCUT2D eigenvalue weighted by Gasteiger charge is 2.50. The molecule has 2 unspecified atom stereocenters. The summed E-state index contributed by atoms with van der Waals surface area (Å²) in [6.45, 7) is 24.0. The van der Waals surface area contributed by atoms with Gasteiger partial charge in [-0.15, -0.1) is 0 Å². The van der Waals surface area contributed by atoms with Crippen molar-refractivity contribution in [2.45, 2.75) is 149 Å². The van der Waals surface area contributed by atoms with Gasteiger partial charge in [0, 0.05) is 5.71 Å². The molecule has 1 fully saturated rings. The lowest BCUT2D eigenvalue weighted by molar-refractivity contribution is 0.210. The number of unbranched alkanes of at least 4 members (excludes halogenated alkanes) is 1. The lowest BCUT2D eigenvalue weighted by atomic mass is 10.0. The molecule has 180 valence electrons. The average Bonchev–Trinajstić information content (AvgIpc) is 3.26. The van der Waals surface area contributed by atoms with Crippen molar-refractivity contribution in [3.63, 3.8) is 0 Å². The number of nitrogens with zero attached hydrogens (tertiary/aromatic N) is 1. The van der Waals surface area contributed by atoms with Gasteiger partial charge in [-0.3, -0.25) is 0 Å². The molecule has 2 nitrogen and oxygen atoms in total. The van der Waals surface area contributed by atoms with Gasteiger partial charge < -0.3 is 9.08 Å². The van der Waals surface area contributed by atoms with Crippen LogP contribution >= 0.6 is 0 Å². The molecule has 2 rings (SSSR count). The third-order valence-corrected chi connectivity index (χ3v) is 19.7. The van der Waals surface area contributed by atoms with E-state index in [0.717, 1.165) is 0 Å². The third-order valence-electron chi connectivity index (χ3n) is 8.88. The van der Waals surface area contributed by atoms with Crippen LogP contribution in [0.15, 0.2) is 15.8 Å². The first-order valence-corrected chi connectivity index (χ1v) is 18.3. The number of fused-ring (bicyclic) bond motifs is 1. The highest BCUT2D eigenvalue weighted by molar-refractivity contribution is 6.79. The van der Waals surface area contributed by atoms with Gasteiger partial charge in [0.1, 0.15) is 0 Å². The van der Waals surface area contributed by atoms with Crippen LogP contribution in [-0.4, -0.2) is 28.4 Å². The van der Waals surface area contributed by atoms with E-state index in [1.54, 1.807) is 11.1 Å². The van der Waals surface area contributed by atoms with Gasteiger partial charge in [0.15, 0.2) is 8.24 Å². The summed E-state index contributed by atoms with van der Waals surface area (Å²) in [6, 6.07) is 3.86. The van der Waals surface area contributed by atoms with Crippen LogP contribution in [0.4, 0.5) is 0 Å². The lowest BCUT2D eigenvalue weighted by Crippen LogP contribution is -2.50. The maximum absolute atomic E-state index is 7.40. The molecule has 0 heterocycles. The molecule has 0 aliphatic heterocycles. The minimum absolute atomic E-state index is 0.365. The average molecular weight is 464 g/mol. The quantitative estimate of drug-likeness (QED) is 0.264. The Morgan fingerprint density at radius 1 is 0.871 bits per heavy atom. The molecule has 0 aromatic rings. The summed E-state index contributed by atoms with van der Waals surface area (Å²) in [4.78, 5) is 0. The molecule has 4 heteroatoms. The molecule has 0 N–H and O–H groups in total. The van der Waals surface area contributed by atoms with E-state index in [-0.39, 0.29) is 0 Å². The molecule has 2 atom stereocenters. The highest BCUT2D eigenvalue weighted by atomic mass is 28.4. The molecule has 2 aliphatic rings. The minimum atomic E-state index is -1.87. The first-order chi connectivity index (χ1) is 14.6. The molecule has 0 spiro atoms. The number of hydrogen-bond donors (Lipinski definition) is 0. The molecule has 0 radical (unpaired) electrons.